The molecule has 1 fully saturated rings. The third-order valence-electron chi connectivity index (χ3n) is 5.64. The number of nitrogens with zero attached hydrogens (tertiary/aromatic N) is 4. The van der Waals surface area contributed by atoms with Crippen LogP contribution in [0.5, 0.6) is 0 Å². The van der Waals surface area contributed by atoms with Gasteiger partial charge in [0.15, 0.2) is 0 Å². The van der Waals surface area contributed by atoms with Crippen LogP contribution in [0.25, 0.3) is 16.6 Å². The molecule has 6 heteroatoms. The molecular weight excluding hydrogens is 364 g/mol. The zero-order valence-electron chi connectivity index (χ0n) is 16.5. The van der Waals surface area contributed by atoms with Gasteiger partial charge in [0.1, 0.15) is 11.2 Å². The molecule has 0 aliphatic carbocycles. The van der Waals surface area contributed by atoms with E-state index in [1.807, 2.05) is 37.4 Å². The zero-order chi connectivity index (χ0) is 19.8. The largest absolute Gasteiger partial charge is 0.423 e. The fourth-order valence-corrected chi connectivity index (χ4v) is 4.11. The number of fused-ring (bicyclic) bond motifs is 2. The standard InChI is InChI=1S/C23H24N4O2/c1-17-5-6-20-18(13-23(28)29-21(20)12-17)14-25-8-10-26(11-9-25)15-19-16-27-7-3-2-4-22(27)24-19/h2-7,12-13,16H,8-11,14-15H2,1H3. The molecule has 6 nitrogen and oxygen atoms in total. The molecule has 0 unspecified atom stereocenters. The number of benzene rings is 1. The lowest BCUT2D eigenvalue weighted by molar-refractivity contribution is 0.121. The van der Waals surface area contributed by atoms with Crippen molar-refractivity contribution >= 4 is 16.6 Å². The van der Waals surface area contributed by atoms with E-state index in [2.05, 4.69) is 32.5 Å². The molecule has 4 aromatic rings. The second kappa shape index (κ2) is 7.46. The molecule has 1 aliphatic rings. The highest BCUT2D eigenvalue weighted by atomic mass is 16.4. The van der Waals surface area contributed by atoms with Crippen molar-refractivity contribution in [3.05, 3.63) is 82.1 Å². The van der Waals surface area contributed by atoms with Crippen LogP contribution in [0.15, 0.2) is 64.1 Å². The quantitative estimate of drug-likeness (QED) is 0.503. The van der Waals surface area contributed by atoms with Crippen LogP contribution >= 0.6 is 0 Å². The number of imidazole rings is 1. The second-order valence-electron chi connectivity index (χ2n) is 7.84. The molecule has 5 rings (SSSR count). The summed E-state index contributed by atoms with van der Waals surface area (Å²) in [5, 5.41) is 1.03. The smallest absolute Gasteiger partial charge is 0.336 e. The molecular formula is C23H24N4O2. The summed E-state index contributed by atoms with van der Waals surface area (Å²) in [6, 6.07) is 13.8. The molecule has 0 bridgehead atoms. The van der Waals surface area contributed by atoms with E-state index in [4.69, 9.17) is 9.40 Å². The highest BCUT2D eigenvalue weighted by molar-refractivity contribution is 5.80. The Morgan fingerprint density at radius 3 is 2.59 bits per heavy atom. The summed E-state index contributed by atoms with van der Waals surface area (Å²) in [5.41, 5.74) is 4.64. The predicted molar refractivity (Wildman–Crippen MR) is 113 cm³/mol. The minimum Gasteiger partial charge on any atom is -0.423 e. The SMILES string of the molecule is Cc1ccc2c(CN3CCN(Cc4cn5ccccc5n4)CC3)cc(=O)oc2c1. The Morgan fingerprint density at radius 2 is 1.79 bits per heavy atom. The Kier molecular flexibility index (Phi) is 4.66. The molecule has 29 heavy (non-hydrogen) atoms. The van der Waals surface area contributed by atoms with E-state index in [0.29, 0.717) is 5.58 Å². The predicted octanol–water partition coefficient (Wildman–Crippen LogP) is 3.07. The maximum atomic E-state index is 12.0. The Balaban J connectivity index is 1.25. The lowest BCUT2D eigenvalue weighted by atomic mass is 10.1. The summed E-state index contributed by atoms with van der Waals surface area (Å²) >= 11 is 0. The first-order valence-electron chi connectivity index (χ1n) is 10.0. The molecule has 0 saturated carbocycles. The van der Waals surface area contributed by atoms with Gasteiger partial charge in [0, 0.05) is 63.1 Å². The van der Waals surface area contributed by atoms with E-state index in [1.54, 1.807) is 6.07 Å². The van der Waals surface area contributed by atoms with Gasteiger partial charge in [0.05, 0.1) is 5.69 Å². The average molecular weight is 388 g/mol. The van der Waals surface area contributed by atoms with Crippen molar-refractivity contribution < 1.29 is 4.42 Å². The molecule has 0 radical (unpaired) electrons. The number of pyridine rings is 1. The fraction of sp³-hybridized carbons (Fsp3) is 0.304. The summed E-state index contributed by atoms with van der Waals surface area (Å²) in [7, 11) is 0. The first-order chi connectivity index (χ1) is 14.1. The zero-order valence-corrected chi connectivity index (χ0v) is 16.5. The van der Waals surface area contributed by atoms with Gasteiger partial charge in [-0.3, -0.25) is 9.80 Å². The molecule has 0 amide bonds. The molecule has 1 aromatic carbocycles. The van der Waals surface area contributed by atoms with Crippen molar-refractivity contribution in [2.75, 3.05) is 26.2 Å². The Labute approximate surface area is 169 Å². The first-order valence-corrected chi connectivity index (χ1v) is 10.0. The van der Waals surface area contributed by atoms with Gasteiger partial charge >= 0.3 is 5.63 Å². The minimum atomic E-state index is -0.274. The Bertz CT molecular complexity index is 1190. The Morgan fingerprint density at radius 1 is 1.00 bits per heavy atom. The number of piperazine rings is 1. The molecule has 1 saturated heterocycles. The highest BCUT2D eigenvalue weighted by Gasteiger charge is 2.19. The molecule has 0 atom stereocenters. The van der Waals surface area contributed by atoms with Crippen LogP contribution in [0, 0.1) is 6.92 Å². The van der Waals surface area contributed by atoms with Gasteiger partial charge in [0.25, 0.3) is 0 Å². The fourth-order valence-electron chi connectivity index (χ4n) is 4.11. The maximum absolute atomic E-state index is 12.0. The van der Waals surface area contributed by atoms with Gasteiger partial charge in [-0.1, -0.05) is 18.2 Å². The monoisotopic (exact) mass is 388 g/mol. The third kappa shape index (κ3) is 3.81. The van der Waals surface area contributed by atoms with E-state index >= 15 is 0 Å². The van der Waals surface area contributed by atoms with Gasteiger partial charge < -0.3 is 8.82 Å². The van der Waals surface area contributed by atoms with Crippen molar-refractivity contribution in [3.63, 3.8) is 0 Å². The van der Waals surface area contributed by atoms with Gasteiger partial charge in [-0.05, 0) is 36.2 Å². The third-order valence-corrected chi connectivity index (χ3v) is 5.64. The van der Waals surface area contributed by atoms with E-state index in [-0.39, 0.29) is 5.63 Å². The number of rotatable bonds is 4. The first kappa shape index (κ1) is 18.1. The minimum absolute atomic E-state index is 0.274. The number of hydrogen-bond donors (Lipinski definition) is 0. The van der Waals surface area contributed by atoms with Gasteiger partial charge in [-0.25, -0.2) is 9.78 Å². The maximum Gasteiger partial charge on any atom is 0.336 e. The van der Waals surface area contributed by atoms with Crippen molar-refractivity contribution in [3.8, 4) is 0 Å². The lowest BCUT2D eigenvalue weighted by Gasteiger charge is -2.34. The van der Waals surface area contributed by atoms with Crippen LogP contribution in [0.1, 0.15) is 16.8 Å². The van der Waals surface area contributed by atoms with Crippen molar-refractivity contribution in [1.82, 2.24) is 19.2 Å². The average Bonchev–Trinajstić information content (AvgIpc) is 3.11. The normalized spacial score (nSPS) is 16.0. The van der Waals surface area contributed by atoms with E-state index in [0.717, 1.165) is 67.1 Å². The number of aryl methyl sites for hydroxylation is 1. The summed E-state index contributed by atoms with van der Waals surface area (Å²) in [4.78, 5) is 21.5. The molecule has 4 heterocycles. The van der Waals surface area contributed by atoms with E-state index in [9.17, 15) is 4.79 Å². The van der Waals surface area contributed by atoms with Crippen molar-refractivity contribution in [2.24, 2.45) is 0 Å². The summed E-state index contributed by atoms with van der Waals surface area (Å²) in [6.07, 6.45) is 4.14. The van der Waals surface area contributed by atoms with E-state index in [1.165, 1.54) is 0 Å². The summed E-state index contributed by atoms with van der Waals surface area (Å²) in [5.74, 6) is 0. The van der Waals surface area contributed by atoms with Gasteiger partial charge in [-0.2, -0.15) is 0 Å². The number of aromatic nitrogens is 2. The summed E-state index contributed by atoms with van der Waals surface area (Å²) < 4.78 is 7.46. The number of hydrogen-bond acceptors (Lipinski definition) is 5. The van der Waals surface area contributed by atoms with Crippen LogP contribution in [0.4, 0.5) is 0 Å². The lowest BCUT2D eigenvalue weighted by Crippen LogP contribution is -2.45. The van der Waals surface area contributed by atoms with Crippen LogP contribution in [-0.2, 0) is 13.1 Å². The molecule has 148 valence electrons. The van der Waals surface area contributed by atoms with Gasteiger partial charge in [-0.15, -0.1) is 0 Å². The molecule has 0 N–H and O–H groups in total. The van der Waals surface area contributed by atoms with Crippen molar-refractivity contribution in [2.45, 2.75) is 20.0 Å². The Hall–Kier alpha value is -2.96. The van der Waals surface area contributed by atoms with E-state index < -0.39 is 0 Å². The molecule has 0 spiro atoms. The van der Waals surface area contributed by atoms with Crippen molar-refractivity contribution in [1.29, 1.82) is 0 Å². The van der Waals surface area contributed by atoms with Crippen LogP contribution in [0.3, 0.4) is 0 Å². The van der Waals surface area contributed by atoms with Crippen LogP contribution in [-0.4, -0.2) is 45.4 Å². The van der Waals surface area contributed by atoms with Crippen LogP contribution in [0.2, 0.25) is 0 Å². The van der Waals surface area contributed by atoms with Gasteiger partial charge in [0.2, 0.25) is 0 Å². The molecule has 3 aromatic heterocycles. The van der Waals surface area contributed by atoms with Crippen LogP contribution < -0.4 is 5.63 Å². The summed E-state index contributed by atoms with van der Waals surface area (Å²) in [6.45, 7) is 7.58. The molecule has 1 aliphatic heterocycles. The highest BCUT2D eigenvalue weighted by Crippen LogP contribution is 2.20. The second-order valence-corrected chi connectivity index (χ2v) is 7.84. The topological polar surface area (TPSA) is 54.0 Å².